The highest BCUT2D eigenvalue weighted by Gasteiger charge is 2.18. The van der Waals surface area contributed by atoms with Crippen molar-refractivity contribution in [3.8, 4) is 0 Å². The average molecular weight is 364 g/mol. The van der Waals surface area contributed by atoms with Crippen LogP contribution in [-0.4, -0.2) is 5.91 Å². The van der Waals surface area contributed by atoms with Crippen LogP contribution in [0, 0.1) is 13.8 Å². The number of anilines is 1. The van der Waals surface area contributed by atoms with Crippen LogP contribution in [-0.2, 0) is 11.2 Å². The Hall–Kier alpha value is -1.13. The standard InChI is InChI=1S/C17H18BrNOS/c1-10-8-15(21-11(10)2)17(18)13-6-7-14-12(9-13)4-3-5-16(20)19-14/h6-9,17H,3-5H2,1-2H3,(H,19,20). The lowest BCUT2D eigenvalue weighted by Gasteiger charge is -2.13. The van der Waals surface area contributed by atoms with E-state index in [1.165, 1.54) is 26.4 Å². The Labute approximate surface area is 137 Å². The van der Waals surface area contributed by atoms with Gasteiger partial charge in [0.2, 0.25) is 5.91 Å². The van der Waals surface area contributed by atoms with Crippen LogP contribution in [0.15, 0.2) is 24.3 Å². The molecular weight excluding hydrogens is 346 g/mol. The number of carbonyl (C=O) groups is 1. The summed E-state index contributed by atoms with van der Waals surface area (Å²) in [6.07, 6.45) is 2.50. The number of hydrogen-bond donors (Lipinski definition) is 1. The predicted molar refractivity (Wildman–Crippen MR) is 92.6 cm³/mol. The van der Waals surface area contributed by atoms with E-state index in [1.54, 1.807) is 0 Å². The summed E-state index contributed by atoms with van der Waals surface area (Å²) in [5, 5.41) is 2.99. The fourth-order valence-electron chi connectivity index (χ4n) is 2.64. The van der Waals surface area contributed by atoms with E-state index in [0.717, 1.165) is 18.5 Å². The summed E-state index contributed by atoms with van der Waals surface area (Å²) in [4.78, 5) is 14.5. The lowest BCUT2D eigenvalue weighted by molar-refractivity contribution is -0.116. The van der Waals surface area contributed by atoms with Crippen molar-refractivity contribution >= 4 is 38.9 Å². The van der Waals surface area contributed by atoms with Gasteiger partial charge in [0, 0.05) is 21.9 Å². The third kappa shape index (κ3) is 3.06. The minimum absolute atomic E-state index is 0.126. The van der Waals surface area contributed by atoms with Crippen molar-refractivity contribution in [2.75, 3.05) is 5.32 Å². The molecule has 0 saturated heterocycles. The van der Waals surface area contributed by atoms with Crippen molar-refractivity contribution in [1.82, 2.24) is 0 Å². The third-order valence-electron chi connectivity index (χ3n) is 3.98. The summed E-state index contributed by atoms with van der Waals surface area (Å²) >= 11 is 5.67. The SMILES string of the molecule is Cc1cc(C(Br)c2ccc3c(c2)CCCC(=O)N3)sc1C. The molecule has 0 radical (unpaired) electrons. The smallest absolute Gasteiger partial charge is 0.224 e. The lowest BCUT2D eigenvalue weighted by Crippen LogP contribution is -2.09. The Morgan fingerprint density at radius 3 is 2.76 bits per heavy atom. The maximum atomic E-state index is 11.6. The Balaban J connectivity index is 1.92. The number of aryl methyl sites for hydroxylation is 3. The number of rotatable bonds is 2. The highest BCUT2D eigenvalue weighted by atomic mass is 79.9. The predicted octanol–water partition coefficient (Wildman–Crippen LogP) is 5.12. The minimum Gasteiger partial charge on any atom is -0.326 e. The number of hydrogen-bond acceptors (Lipinski definition) is 2. The van der Waals surface area contributed by atoms with E-state index >= 15 is 0 Å². The average Bonchev–Trinajstić information content (AvgIpc) is 2.68. The van der Waals surface area contributed by atoms with Gasteiger partial charge in [-0.15, -0.1) is 11.3 Å². The molecule has 1 aromatic heterocycles. The van der Waals surface area contributed by atoms with Crippen LogP contribution in [0.25, 0.3) is 0 Å². The molecule has 1 N–H and O–H groups in total. The molecule has 2 aromatic rings. The Morgan fingerprint density at radius 2 is 2.05 bits per heavy atom. The summed E-state index contributed by atoms with van der Waals surface area (Å²) in [6, 6.07) is 8.63. The highest BCUT2D eigenvalue weighted by Crippen LogP contribution is 2.38. The van der Waals surface area contributed by atoms with Gasteiger partial charge in [-0.05, 0) is 55.5 Å². The third-order valence-corrected chi connectivity index (χ3v) is 6.52. The fraction of sp³-hybridized carbons (Fsp3) is 0.353. The van der Waals surface area contributed by atoms with Crippen LogP contribution in [0.4, 0.5) is 5.69 Å². The van der Waals surface area contributed by atoms with Crippen molar-refractivity contribution < 1.29 is 4.79 Å². The van der Waals surface area contributed by atoms with Gasteiger partial charge in [-0.2, -0.15) is 0 Å². The van der Waals surface area contributed by atoms with Crippen molar-refractivity contribution in [2.45, 2.75) is 37.9 Å². The van der Waals surface area contributed by atoms with Gasteiger partial charge in [0.05, 0.1) is 4.83 Å². The van der Waals surface area contributed by atoms with Crippen LogP contribution in [0.3, 0.4) is 0 Å². The summed E-state index contributed by atoms with van der Waals surface area (Å²) in [5.74, 6) is 0.126. The number of halogens is 1. The van der Waals surface area contributed by atoms with Crippen molar-refractivity contribution in [2.24, 2.45) is 0 Å². The molecule has 1 aliphatic rings. The quantitative estimate of drug-likeness (QED) is 0.736. The zero-order chi connectivity index (χ0) is 15.0. The van der Waals surface area contributed by atoms with Gasteiger partial charge in [-0.25, -0.2) is 0 Å². The van der Waals surface area contributed by atoms with Gasteiger partial charge in [-0.1, -0.05) is 28.1 Å². The summed E-state index contributed by atoms with van der Waals surface area (Å²) < 4.78 is 0. The molecule has 2 nitrogen and oxygen atoms in total. The molecule has 0 saturated carbocycles. The number of benzene rings is 1. The number of thiophene rings is 1. The van der Waals surface area contributed by atoms with Crippen molar-refractivity contribution in [3.05, 3.63) is 50.7 Å². The molecular formula is C17H18BrNOS. The lowest BCUT2D eigenvalue weighted by atomic mass is 10.0. The van der Waals surface area contributed by atoms with E-state index in [0.29, 0.717) is 6.42 Å². The Kier molecular flexibility index (Phi) is 4.18. The molecule has 0 aliphatic carbocycles. The number of alkyl halides is 1. The second kappa shape index (κ2) is 5.93. The molecule has 110 valence electrons. The molecule has 0 spiro atoms. The summed E-state index contributed by atoms with van der Waals surface area (Å²) in [5.41, 5.74) is 4.82. The molecule has 1 aromatic carbocycles. The number of fused-ring (bicyclic) bond motifs is 1. The Morgan fingerprint density at radius 1 is 1.24 bits per heavy atom. The first-order chi connectivity index (χ1) is 10.0. The molecule has 1 atom stereocenters. The largest absolute Gasteiger partial charge is 0.326 e. The van der Waals surface area contributed by atoms with E-state index < -0.39 is 0 Å². The molecule has 1 aliphatic heterocycles. The molecule has 2 heterocycles. The number of nitrogens with one attached hydrogen (secondary N) is 1. The molecule has 1 unspecified atom stereocenters. The van der Waals surface area contributed by atoms with E-state index in [9.17, 15) is 4.79 Å². The van der Waals surface area contributed by atoms with Crippen molar-refractivity contribution in [1.29, 1.82) is 0 Å². The zero-order valence-corrected chi connectivity index (χ0v) is 14.6. The maximum absolute atomic E-state index is 11.6. The van der Waals surface area contributed by atoms with Gasteiger partial charge in [0.1, 0.15) is 0 Å². The summed E-state index contributed by atoms with van der Waals surface area (Å²) in [7, 11) is 0. The second-order valence-electron chi connectivity index (χ2n) is 5.57. The molecule has 1 amide bonds. The normalized spacial score (nSPS) is 16.0. The number of amides is 1. The monoisotopic (exact) mass is 363 g/mol. The minimum atomic E-state index is 0.126. The molecule has 0 bridgehead atoms. The highest BCUT2D eigenvalue weighted by molar-refractivity contribution is 9.09. The van der Waals surface area contributed by atoms with E-state index in [-0.39, 0.29) is 10.7 Å². The first kappa shape index (κ1) is 14.8. The van der Waals surface area contributed by atoms with Crippen LogP contribution < -0.4 is 5.32 Å². The fourth-order valence-corrected chi connectivity index (χ4v) is 4.39. The Bertz CT molecular complexity index is 673. The molecule has 3 rings (SSSR count). The zero-order valence-electron chi connectivity index (χ0n) is 12.2. The summed E-state index contributed by atoms with van der Waals surface area (Å²) in [6.45, 7) is 4.32. The van der Waals surface area contributed by atoms with E-state index in [4.69, 9.17) is 0 Å². The molecule has 0 fully saturated rings. The van der Waals surface area contributed by atoms with Crippen LogP contribution in [0.2, 0.25) is 0 Å². The number of carbonyl (C=O) groups excluding carboxylic acids is 1. The van der Waals surface area contributed by atoms with Gasteiger partial charge >= 0.3 is 0 Å². The van der Waals surface area contributed by atoms with Gasteiger partial charge in [-0.3, -0.25) is 4.79 Å². The maximum Gasteiger partial charge on any atom is 0.224 e. The second-order valence-corrected chi connectivity index (χ2v) is 7.77. The van der Waals surface area contributed by atoms with Gasteiger partial charge < -0.3 is 5.32 Å². The molecule has 21 heavy (non-hydrogen) atoms. The van der Waals surface area contributed by atoms with Crippen molar-refractivity contribution in [3.63, 3.8) is 0 Å². The topological polar surface area (TPSA) is 29.1 Å². The van der Waals surface area contributed by atoms with Gasteiger partial charge in [0.25, 0.3) is 0 Å². The first-order valence-electron chi connectivity index (χ1n) is 7.18. The van der Waals surface area contributed by atoms with Crippen LogP contribution in [0.5, 0.6) is 0 Å². The van der Waals surface area contributed by atoms with Crippen LogP contribution >= 0.6 is 27.3 Å². The first-order valence-corrected chi connectivity index (χ1v) is 8.91. The molecule has 4 heteroatoms. The van der Waals surface area contributed by atoms with E-state index in [1.807, 2.05) is 17.4 Å². The van der Waals surface area contributed by atoms with E-state index in [2.05, 4.69) is 53.3 Å². The van der Waals surface area contributed by atoms with Crippen LogP contribution in [0.1, 0.15) is 44.1 Å². The van der Waals surface area contributed by atoms with Gasteiger partial charge in [0.15, 0.2) is 0 Å².